The Balaban J connectivity index is -0.000000196. The zero-order valence-electron chi connectivity index (χ0n) is 17.7. The van der Waals surface area contributed by atoms with Crippen molar-refractivity contribution in [3.05, 3.63) is 42.8 Å². The summed E-state index contributed by atoms with van der Waals surface area (Å²) in [6.45, 7) is 14.2. The average Bonchev–Trinajstić information content (AvgIpc) is 2.35. The molecule has 0 bridgehead atoms. The zero-order chi connectivity index (χ0) is 17.4. The Morgan fingerprint density at radius 2 is 1.44 bits per heavy atom. The van der Waals surface area contributed by atoms with E-state index in [1.54, 1.807) is 0 Å². The first-order valence-electron chi connectivity index (χ1n) is 7.55. The SMILES string of the molecule is CC(C)(C)COC(=O)c1ccc(CC(C)(C)C)cc1.[2H]C#N.[CH3-].[Y].[Y].[Y]. The second kappa shape index (κ2) is 17.6. The molecule has 3 radical (unpaired) electrons. The number of hydrogen-bond donors (Lipinski definition) is 0. The van der Waals surface area contributed by atoms with Crippen LogP contribution in [0, 0.1) is 30.1 Å². The minimum Gasteiger partial charge on any atom is -0.462 e. The van der Waals surface area contributed by atoms with Gasteiger partial charge in [0.15, 0.2) is 1.37 Å². The van der Waals surface area contributed by atoms with Gasteiger partial charge in [0.25, 0.3) is 0 Å². The van der Waals surface area contributed by atoms with Gasteiger partial charge >= 0.3 is 5.97 Å². The van der Waals surface area contributed by atoms with Crippen LogP contribution < -0.4 is 0 Å². The largest absolute Gasteiger partial charge is 0.462 e. The van der Waals surface area contributed by atoms with E-state index in [4.69, 9.17) is 11.4 Å². The first-order valence-corrected chi connectivity index (χ1v) is 7.05. The molecule has 0 spiro atoms. The van der Waals surface area contributed by atoms with Gasteiger partial charge in [0.1, 0.15) is 0 Å². The summed E-state index contributed by atoms with van der Waals surface area (Å²) < 4.78 is 10.8. The van der Waals surface area contributed by atoms with Gasteiger partial charge < -0.3 is 12.2 Å². The number of esters is 1. The number of hydrogen-bond acceptors (Lipinski definition) is 3. The summed E-state index contributed by atoms with van der Waals surface area (Å²) in [5.41, 5.74) is 2.14. The van der Waals surface area contributed by atoms with E-state index in [0.29, 0.717) is 12.2 Å². The van der Waals surface area contributed by atoms with E-state index in [2.05, 4.69) is 20.8 Å². The van der Waals surface area contributed by atoms with E-state index in [1.807, 2.05) is 45.0 Å². The maximum absolute atomic E-state index is 11.9. The Bertz CT molecular complexity index is 516. The molecule has 0 N–H and O–H groups in total. The first-order chi connectivity index (χ1) is 9.98. The van der Waals surface area contributed by atoms with Crippen molar-refractivity contribution in [2.24, 2.45) is 10.8 Å². The molecule has 6 heteroatoms. The van der Waals surface area contributed by atoms with Crippen molar-refractivity contribution < 1.29 is 109 Å². The molecular weight excluding hydrogens is 541 g/mol. The summed E-state index contributed by atoms with van der Waals surface area (Å²) in [6.07, 6.45) is 1.00. The van der Waals surface area contributed by atoms with Crippen molar-refractivity contribution in [3.8, 4) is 6.55 Å². The van der Waals surface area contributed by atoms with Crippen molar-refractivity contribution in [2.45, 2.75) is 48.0 Å². The van der Waals surface area contributed by atoms with Crippen molar-refractivity contribution in [1.29, 1.82) is 5.26 Å². The van der Waals surface area contributed by atoms with Crippen LogP contribution in [-0.2, 0) is 109 Å². The minimum atomic E-state index is -0.239. The summed E-state index contributed by atoms with van der Waals surface area (Å²) in [4.78, 5) is 11.9. The third kappa shape index (κ3) is 20.0. The molecule has 0 unspecified atom stereocenters. The Hall–Kier alpha value is 1.49. The van der Waals surface area contributed by atoms with Crippen LogP contribution >= 0.6 is 0 Å². The quantitative estimate of drug-likeness (QED) is 0.376. The molecule has 1 rings (SSSR count). The molecule has 0 amide bonds. The van der Waals surface area contributed by atoms with Crippen LogP contribution in [-0.4, -0.2) is 12.6 Å². The van der Waals surface area contributed by atoms with Crippen molar-refractivity contribution in [3.63, 3.8) is 0 Å². The third-order valence-electron chi connectivity index (χ3n) is 2.56. The van der Waals surface area contributed by atoms with Crippen LogP contribution in [0.2, 0.25) is 0 Å². The number of benzene rings is 1. The average molecular weight is 572 g/mol. The molecule has 25 heavy (non-hydrogen) atoms. The first kappa shape index (κ1) is 34.0. The van der Waals surface area contributed by atoms with Crippen LogP contribution in [0.1, 0.15) is 58.8 Å². The third-order valence-corrected chi connectivity index (χ3v) is 2.56. The van der Waals surface area contributed by atoms with Crippen LogP contribution in [0.25, 0.3) is 0 Å². The summed E-state index contributed by atoms with van der Waals surface area (Å²) in [6, 6.07) is 7.73. The number of carbonyl (C=O) groups excluding carboxylic acids is 1. The molecule has 0 fully saturated rings. The van der Waals surface area contributed by atoms with Gasteiger partial charge in [-0.3, -0.25) is 0 Å². The van der Waals surface area contributed by atoms with E-state index in [9.17, 15) is 4.79 Å². The summed E-state index contributed by atoms with van der Waals surface area (Å²) in [7, 11) is 0. The molecule has 3 nitrogen and oxygen atoms in total. The number of carbonyl (C=O) groups is 1. The van der Waals surface area contributed by atoms with E-state index in [1.165, 1.54) is 5.56 Å². The Morgan fingerprint density at radius 3 is 1.76 bits per heavy atom. The van der Waals surface area contributed by atoms with E-state index in [-0.39, 0.29) is 122 Å². The van der Waals surface area contributed by atoms with Crippen LogP contribution in [0.15, 0.2) is 24.3 Å². The van der Waals surface area contributed by atoms with E-state index in [0.717, 1.165) is 13.0 Å². The number of nitriles is 1. The van der Waals surface area contributed by atoms with Gasteiger partial charge in [-0.2, -0.15) is 0 Å². The smallest absolute Gasteiger partial charge is 0.338 e. The molecule has 0 saturated heterocycles. The van der Waals surface area contributed by atoms with Gasteiger partial charge in [-0.05, 0) is 34.9 Å². The Labute approximate surface area is 231 Å². The second-order valence-corrected chi connectivity index (χ2v) is 7.57. The van der Waals surface area contributed by atoms with E-state index >= 15 is 0 Å². The standard InChI is InChI=1S/C17H26O2.CHN.CH3.3Y/c1-16(2,3)11-13-7-9-14(10-8-13)15(18)19-12-17(4,5)6;1-2;;;;/h7-10H,11-12H2,1-6H3;1H;1H3;;;/q;;-1;;;/i;1D;;;;. The maximum atomic E-state index is 11.9. The Morgan fingerprint density at radius 1 is 1.04 bits per heavy atom. The van der Waals surface area contributed by atoms with Gasteiger partial charge in [-0.25, -0.2) is 10.1 Å². The molecule has 0 heterocycles. The molecular formula is C19H30NO2Y3-. The van der Waals surface area contributed by atoms with Crippen molar-refractivity contribution in [2.75, 3.05) is 6.61 Å². The molecule has 1 aromatic rings. The van der Waals surface area contributed by atoms with Crippen LogP contribution in [0.4, 0.5) is 0 Å². The molecule has 0 saturated carbocycles. The molecule has 0 aliphatic rings. The summed E-state index contributed by atoms with van der Waals surface area (Å²) >= 11 is 0. The van der Waals surface area contributed by atoms with Crippen molar-refractivity contribution >= 4 is 5.97 Å². The fourth-order valence-electron chi connectivity index (χ4n) is 1.74. The van der Waals surface area contributed by atoms with Gasteiger partial charge in [-0.1, -0.05) is 53.7 Å². The molecule has 0 aromatic heterocycles. The van der Waals surface area contributed by atoms with Gasteiger partial charge in [-0.15, -0.1) is 0 Å². The minimum absolute atomic E-state index is 0. The molecule has 1 aromatic carbocycles. The second-order valence-electron chi connectivity index (χ2n) is 7.57. The predicted octanol–water partition coefficient (Wildman–Crippen LogP) is 5.06. The van der Waals surface area contributed by atoms with Gasteiger partial charge in [0.2, 0.25) is 0 Å². The van der Waals surface area contributed by atoms with E-state index < -0.39 is 0 Å². The van der Waals surface area contributed by atoms with Crippen LogP contribution in [0.3, 0.4) is 0 Å². The summed E-state index contributed by atoms with van der Waals surface area (Å²) in [5.74, 6) is -0.239. The number of ether oxygens (including phenoxy) is 1. The zero-order valence-corrected chi connectivity index (χ0v) is 25.2. The van der Waals surface area contributed by atoms with Crippen molar-refractivity contribution in [1.82, 2.24) is 0 Å². The molecule has 0 aliphatic carbocycles. The topological polar surface area (TPSA) is 50.1 Å². The van der Waals surface area contributed by atoms with Gasteiger partial charge in [0.05, 0.1) is 12.2 Å². The molecule has 0 aliphatic heterocycles. The normalized spacial score (nSPS) is 9.72. The monoisotopic (exact) mass is 572 g/mol. The number of rotatable bonds is 3. The maximum Gasteiger partial charge on any atom is 0.338 e. The fourth-order valence-corrected chi connectivity index (χ4v) is 1.74. The molecule has 0 atom stereocenters. The fraction of sp³-hybridized carbons (Fsp3) is 0.526. The number of nitrogens with zero attached hydrogens (tertiary/aromatic N) is 1. The van der Waals surface area contributed by atoms with Gasteiger partial charge in [0, 0.05) is 105 Å². The molecule has 133 valence electrons. The van der Waals surface area contributed by atoms with Crippen LogP contribution in [0.5, 0.6) is 0 Å². The predicted molar refractivity (Wildman–Crippen MR) is 92.4 cm³/mol. The Kier molecular flexibility index (Phi) is 23.9. The summed E-state index contributed by atoms with van der Waals surface area (Å²) in [5, 5.41) is 6.99.